The van der Waals surface area contributed by atoms with Crippen molar-refractivity contribution in [2.24, 2.45) is 5.41 Å². The van der Waals surface area contributed by atoms with Gasteiger partial charge in [0.1, 0.15) is 0 Å². The second kappa shape index (κ2) is 10.5. The molecule has 0 saturated carbocycles. The van der Waals surface area contributed by atoms with Gasteiger partial charge < -0.3 is 14.8 Å². The van der Waals surface area contributed by atoms with E-state index < -0.39 is 0 Å². The van der Waals surface area contributed by atoms with Crippen LogP contribution < -0.4 is 5.32 Å². The van der Waals surface area contributed by atoms with Gasteiger partial charge in [0.2, 0.25) is 0 Å². The third-order valence-electron chi connectivity index (χ3n) is 3.73. The van der Waals surface area contributed by atoms with Gasteiger partial charge in [-0.05, 0) is 32.6 Å². The van der Waals surface area contributed by atoms with Gasteiger partial charge in [0.05, 0.1) is 13.2 Å². The van der Waals surface area contributed by atoms with Crippen molar-refractivity contribution in [2.75, 3.05) is 53.6 Å². The number of methoxy groups -OCH3 is 2. The zero-order chi connectivity index (χ0) is 16.4. The molecule has 0 aromatic carbocycles. The van der Waals surface area contributed by atoms with Gasteiger partial charge in [-0.1, -0.05) is 20.3 Å². The van der Waals surface area contributed by atoms with Crippen LogP contribution in [0.1, 0.15) is 47.5 Å². The molecule has 1 N–H and O–H groups in total. The van der Waals surface area contributed by atoms with E-state index in [4.69, 9.17) is 9.47 Å². The normalized spacial score (nSPS) is 15.4. The van der Waals surface area contributed by atoms with Crippen LogP contribution in [0.5, 0.6) is 0 Å². The molecular weight excluding hydrogens is 264 g/mol. The zero-order valence-electron chi connectivity index (χ0n) is 15.4. The Balaban J connectivity index is 4.63. The Morgan fingerprint density at radius 2 is 1.48 bits per heavy atom. The first-order valence-corrected chi connectivity index (χ1v) is 8.21. The summed E-state index contributed by atoms with van der Waals surface area (Å²) in [5.74, 6) is 0. The van der Waals surface area contributed by atoms with Crippen molar-refractivity contribution >= 4 is 0 Å². The van der Waals surface area contributed by atoms with Crippen molar-refractivity contribution in [1.82, 2.24) is 10.2 Å². The second-order valence-electron chi connectivity index (χ2n) is 7.43. The largest absolute Gasteiger partial charge is 0.383 e. The number of ether oxygens (including phenoxy) is 2. The van der Waals surface area contributed by atoms with Crippen molar-refractivity contribution in [3.8, 4) is 0 Å². The van der Waals surface area contributed by atoms with Gasteiger partial charge in [-0.2, -0.15) is 0 Å². The summed E-state index contributed by atoms with van der Waals surface area (Å²) < 4.78 is 10.5. The lowest BCUT2D eigenvalue weighted by Crippen LogP contribution is -2.48. The Morgan fingerprint density at radius 3 is 1.86 bits per heavy atom. The van der Waals surface area contributed by atoms with Gasteiger partial charge in [0.25, 0.3) is 0 Å². The van der Waals surface area contributed by atoms with Crippen LogP contribution in [-0.4, -0.2) is 64.1 Å². The summed E-state index contributed by atoms with van der Waals surface area (Å²) in [6.07, 6.45) is 2.44. The van der Waals surface area contributed by atoms with E-state index in [1.165, 1.54) is 12.8 Å². The third-order valence-corrected chi connectivity index (χ3v) is 3.73. The first kappa shape index (κ1) is 20.8. The van der Waals surface area contributed by atoms with Crippen molar-refractivity contribution in [3.05, 3.63) is 0 Å². The van der Waals surface area contributed by atoms with E-state index in [0.717, 1.165) is 39.4 Å². The van der Waals surface area contributed by atoms with Crippen LogP contribution >= 0.6 is 0 Å². The predicted molar refractivity (Wildman–Crippen MR) is 91.0 cm³/mol. The van der Waals surface area contributed by atoms with Gasteiger partial charge in [-0.3, -0.25) is 4.90 Å². The smallest absolute Gasteiger partial charge is 0.0589 e. The molecule has 128 valence electrons. The van der Waals surface area contributed by atoms with Crippen LogP contribution in [0.15, 0.2) is 0 Å². The maximum Gasteiger partial charge on any atom is 0.0589 e. The molecule has 1 atom stereocenters. The van der Waals surface area contributed by atoms with E-state index in [2.05, 4.69) is 44.8 Å². The minimum Gasteiger partial charge on any atom is -0.383 e. The summed E-state index contributed by atoms with van der Waals surface area (Å²) in [5, 5.41) is 3.68. The summed E-state index contributed by atoms with van der Waals surface area (Å²) in [7, 11) is 3.53. The fraction of sp³-hybridized carbons (Fsp3) is 1.00. The van der Waals surface area contributed by atoms with Crippen molar-refractivity contribution < 1.29 is 9.47 Å². The van der Waals surface area contributed by atoms with Gasteiger partial charge >= 0.3 is 0 Å². The molecule has 1 unspecified atom stereocenters. The van der Waals surface area contributed by atoms with Crippen LogP contribution in [0.4, 0.5) is 0 Å². The lowest BCUT2D eigenvalue weighted by atomic mass is 9.84. The number of nitrogens with one attached hydrogen (secondary N) is 1. The van der Waals surface area contributed by atoms with E-state index >= 15 is 0 Å². The minimum absolute atomic E-state index is 0.166. The van der Waals surface area contributed by atoms with Crippen molar-refractivity contribution in [3.63, 3.8) is 0 Å². The Kier molecular flexibility index (Phi) is 10.5. The first-order valence-electron chi connectivity index (χ1n) is 8.21. The third kappa shape index (κ3) is 11.1. The molecule has 0 rings (SSSR count). The van der Waals surface area contributed by atoms with Crippen molar-refractivity contribution in [1.29, 1.82) is 0 Å². The summed E-state index contributed by atoms with van der Waals surface area (Å²) in [6, 6.07) is 0. The molecule has 21 heavy (non-hydrogen) atoms. The van der Waals surface area contributed by atoms with E-state index in [9.17, 15) is 0 Å². The Hall–Kier alpha value is -0.160. The summed E-state index contributed by atoms with van der Waals surface area (Å²) in [5.41, 5.74) is 0.447. The topological polar surface area (TPSA) is 33.7 Å². The van der Waals surface area contributed by atoms with E-state index in [1.54, 1.807) is 14.2 Å². The summed E-state index contributed by atoms with van der Waals surface area (Å²) >= 11 is 0. The van der Waals surface area contributed by atoms with Gasteiger partial charge in [-0.15, -0.1) is 0 Å². The van der Waals surface area contributed by atoms with Gasteiger partial charge in [0.15, 0.2) is 0 Å². The maximum atomic E-state index is 5.24. The minimum atomic E-state index is 0.166. The van der Waals surface area contributed by atoms with E-state index in [-0.39, 0.29) is 11.0 Å². The molecule has 4 heteroatoms. The lowest BCUT2D eigenvalue weighted by Gasteiger charge is -2.38. The number of hydrogen-bond donors (Lipinski definition) is 1. The van der Waals surface area contributed by atoms with E-state index in [0.29, 0.717) is 0 Å². The molecule has 4 nitrogen and oxygen atoms in total. The molecule has 0 saturated heterocycles. The highest BCUT2D eigenvalue weighted by atomic mass is 16.5. The molecule has 0 aromatic heterocycles. The standard InChI is InChI=1S/C17H38N2O2/c1-8-9-17(5,14-18-16(2,3)4)15-19(10-12-20-6)11-13-21-7/h18H,8-15H2,1-7H3. The molecule has 0 fully saturated rings. The molecule has 0 aromatic rings. The average molecular weight is 303 g/mol. The predicted octanol–water partition coefficient (Wildman–Crippen LogP) is 2.78. The highest BCUT2D eigenvalue weighted by Gasteiger charge is 2.27. The van der Waals surface area contributed by atoms with Crippen LogP contribution in [0.3, 0.4) is 0 Å². The monoisotopic (exact) mass is 302 g/mol. The van der Waals surface area contributed by atoms with E-state index in [1.807, 2.05) is 0 Å². The van der Waals surface area contributed by atoms with Gasteiger partial charge in [-0.25, -0.2) is 0 Å². The van der Waals surface area contributed by atoms with Crippen LogP contribution in [0.25, 0.3) is 0 Å². The Morgan fingerprint density at radius 1 is 0.952 bits per heavy atom. The van der Waals surface area contributed by atoms with Crippen LogP contribution in [0.2, 0.25) is 0 Å². The highest BCUT2D eigenvalue weighted by Crippen LogP contribution is 2.25. The summed E-state index contributed by atoms with van der Waals surface area (Å²) in [4.78, 5) is 2.47. The molecule has 0 aliphatic rings. The number of hydrogen-bond acceptors (Lipinski definition) is 4. The molecule has 0 bridgehead atoms. The highest BCUT2D eigenvalue weighted by molar-refractivity contribution is 4.84. The molecule has 0 aliphatic heterocycles. The lowest BCUT2D eigenvalue weighted by molar-refractivity contribution is 0.0777. The SMILES string of the molecule is CCCC(C)(CNC(C)(C)C)CN(CCOC)CCOC. The fourth-order valence-corrected chi connectivity index (χ4v) is 2.56. The fourth-order valence-electron chi connectivity index (χ4n) is 2.56. The number of nitrogens with zero attached hydrogens (tertiary/aromatic N) is 1. The maximum absolute atomic E-state index is 5.24. The van der Waals surface area contributed by atoms with Crippen molar-refractivity contribution in [2.45, 2.75) is 53.0 Å². The van der Waals surface area contributed by atoms with Crippen LogP contribution in [0, 0.1) is 5.41 Å². The van der Waals surface area contributed by atoms with Gasteiger partial charge in [0, 0.05) is 45.9 Å². The molecule has 0 aliphatic carbocycles. The summed E-state index contributed by atoms with van der Waals surface area (Å²) in [6.45, 7) is 17.0. The average Bonchev–Trinajstić information content (AvgIpc) is 2.39. The zero-order valence-corrected chi connectivity index (χ0v) is 15.4. The molecule has 0 radical (unpaired) electrons. The molecule has 0 spiro atoms. The van der Waals surface area contributed by atoms with Crippen LogP contribution in [-0.2, 0) is 9.47 Å². The Bertz CT molecular complexity index is 246. The quantitative estimate of drug-likeness (QED) is 0.601. The number of rotatable bonds is 12. The second-order valence-corrected chi connectivity index (χ2v) is 7.43. The first-order chi connectivity index (χ1) is 9.76. The molecule has 0 heterocycles. The molecular formula is C17H38N2O2. The molecule has 0 amide bonds. The Labute approximate surface area is 132 Å².